The summed E-state index contributed by atoms with van der Waals surface area (Å²) in [7, 11) is 0. The topological polar surface area (TPSA) is 30.0 Å². The minimum Gasteiger partial charge on any atom is -0.296 e. The molecule has 2 nitrogen and oxygen atoms in total. The molecule has 0 radical (unpaired) electrons. The van der Waals surface area contributed by atoms with Crippen molar-refractivity contribution in [2.45, 2.75) is 13.1 Å². The van der Waals surface area contributed by atoms with Crippen LogP contribution in [0, 0.1) is 6.92 Å². The van der Waals surface area contributed by atoms with E-state index in [4.69, 9.17) is 0 Å². The summed E-state index contributed by atoms with van der Waals surface area (Å²) in [5.41, 5.74) is 1.63. The largest absolute Gasteiger partial charge is 0.416 e. The molecule has 0 aliphatic carbocycles. The van der Waals surface area contributed by atoms with Gasteiger partial charge < -0.3 is 0 Å². The van der Waals surface area contributed by atoms with Crippen LogP contribution in [0.25, 0.3) is 11.1 Å². The number of carbonyl (C=O) groups is 1. The predicted molar refractivity (Wildman–Crippen MR) is 64.8 cm³/mol. The summed E-state index contributed by atoms with van der Waals surface area (Å²) in [6.45, 7) is 1.73. The molecule has 19 heavy (non-hydrogen) atoms. The van der Waals surface area contributed by atoms with Gasteiger partial charge >= 0.3 is 6.18 Å². The quantitative estimate of drug-likeness (QED) is 0.771. The molecule has 0 atom stereocenters. The van der Waals surface area contributed by atoms with Crippen LogP contribution in [0.4, 0.5) is 13.2 Å². The fourth-order valence-corrected chi connectivity index (χ4v) is 1.72. The van der Waals surface area contributed by atoms with Crippen molar-refractivity contribution in [1.29, 1.82) is 0 Å². The van der Waals surface area contributed by atoms with E-state index in [2.05, 4.69) is 4.98 Å². The SMILES string of the molecule is Cc1cc(-c2ccc(C(F)(F)F)cc2)cnc1C=O. The number of nitrogens with zero attached hydrogens (tertiary/aromatic N) is 1. The average molecular weight is 265 g/mol. The van der Waals surface area contributed by atoms with Crippen molar-refractivity contribution < 1.29 is 18.0 Å². The van der Waals surface area contributed by atoms with Crippen LogP contribution >= 0.6 is 0 Å². The number of rotatable bonds is 2. The lowest BCUT2D eigenvalue weighted by atomic mass is 10.0. The zero-order valence-corrected chi connectivity index (χ0v) is 10.0. The van der Waals surface area contributed by atoms with Crippen LogP contribution in [-0.4, -0.2) is 11.3 Å². The molecule has 0 bridgehead atoms. The molecule has 0 fully saturated rings. The minimum atomic E-state index is -4.34. The van der Waals surface area contributed by atoms with Gasteiger partial charge in [-0.15, -0.1) is 0 Å². The summed E-state index contributed by atoms with van der Waals surface area (Å²) < 4.78 is 37.3. The van der Waals surface area contributed by atoms with Crippen LogP contribution in [0.2, 0.25) is 0 Å². The Kier molecular flexibility index (Phi) is 3.38. The Morgan fingerprint density at radius 1 is 1.11 bits per heavy atom. The fourth-order valence-electron chi connectivity index (χ4n) is 1.72. The van der Waals surface area contributed by atoms with Crippen LogP contribution in [-0.2, 0) is 6.18 Å². The van der Waals surface area contributed by atoms with E-state index in [1.165, 1.54) is 18.3 Å². The maximum absolute atomic E-state index is 12.4. The highest BCUT2D eigenvalue weighted by atomic mass is 19.4. The zero-order chi connectivity index (χ0) is 14.0. The van der Waals surface area contributed by atoms with E-state index in [9.17, 15) is 18.0 Å². The number of aldehydes is 1. The molecule has 5 heteroatoms. The molecule has 0 N–H and O–H groups in total. The number of halogens is 3. The van der Waals surface area contributed by atoms with Gasteiger partial charge in [0.25, 0.3) is 0 Å². The van der Waals surface area contributed by atoms with Gasteiger partial charge in [-0.1, -0.05) is 12.1 Å². The van der Waals surface area contributed by atoms with Crippen LogP contribution < -0.4 is 0 Å². The third kappa shape index (κ3) is 2.81. The summed E-state index contributed by atoms with van der Waals surface area (Å²) in [4.78, 5) is 14.6. The summed E-state index contributed by atoms with van der Waals surface area (Å²) >= 11 is 0. The second-order valence-corrected chi connectivity index (χ2v) is 4.12. The number of aryl methyl sites for hydroxylation is 1. The second-order valence-electron chi connectivity index (χ2n) is 4.12. The number of hydrogen-bond acceptors (Lipinski definition) is 2. The normalized spacial score (nSPS) is 11.4. The fraction of sp³-hybridized carbons (Fsp3) is 0.143. The third-order valence-corrected chi connectivity index (χ3v) is 2.78. The molecule has 0 saturated carbocycles. The Morgan fingerprint density at radius 2 is 1.74 bits per heavy atom. The van der Waals surface area contributed by atoms with Gasteiger partial charge in [-0.3, -0.25) is 9.78 Å². The van der Waals surface area contributed by atoms with Crippen molar-refractivity contribution >= 4 is 6.29 Å². The lowest BCUT2D eigenvalue weighted by Gasteiger charge is -2.08. The highest BCUT2D eigenvalue weighted by Crippen LogP contribution is 2.31. The first-order chi connectivity index (χ1) is 8.91. The third-order valence-electron chi connectivity index (χ3n) is 2.78. The maximum atomic E-state index is 12.4. The molecule has 0 spiro atoms. The molecule has 0 unspecified atom stereocenters. The molecular formula is C14H10F3NO. The van der Waals surface area contributed by atoms with E-state index in [-0.39, 0.29) is 0 Å². The minimum absolute atomic E-state index is 0.329. The maximum Gasteiger partial charge on any atom is 0.416 e. The first kappa shape index (κ1) is 13.3. The van der Waals surface area contributed by atoms with Gasteiger partial charge in [-0.2, -0.15) is 13.2 Å². The van der Waals surface area contributed by atoms with Crippen molar-refractivity contribution in [2.24, 2.45) is 0 Å². The monoisotopic (exact) mass is 265 g/mol. The van der Waals surface area contributed by atoms with Gasteiger partial charge in [0, 0.05) is 11.8 Å². The molecule has 1 aromatic carbocycles. The lowest BCUT2D eigenvalue weighted by Crippen LogP contribution is -2.04. The highest BCUT2D eigenvalue weighted by Gasteiger charge is 2.29. The standard InChI is InChI=1S/C14H10F3NO/c1-9-6-11(7-18-13(9)8-19)10-2-4-12(5-3-10)14(15,16)17/h2-8H,1H3. The van der Waals surface area contributed by atoms with E-state index in [1.54, 1.807) is 13.0 Å². The van der Waals surface area contributed by atoms with Gasteiger partial charge in [0.05, 0.1) is 5.56 Å². The Morgan fingerprint density at radius 3 is 2.21 bits per heavy atom. The Bertz CT molecular complexity index is 603. The molecule has 2 rings (SSSR count). The molecule has 0 aliphatic rings. The van der Waals surface area contributed by atoms with E-state index in [1.807, 2.05) is 0 Å². The highest BCUT2D eigenvalue weighted by molar-refractivity contribution is 5.76. The van der Waals surface area contributed by atoms with Gasteiger partial charge in [-0.25, -0.2) is 0 Å². The van der Waals surface area contributed by atoms with Crippen LogP contribution in [0.5, 0.6) is 0 Å². The number of benzene rings is 1. The molecule has 98 valence electrons. The number of alkyl halides is 3. The van der Waals surface area contributed by atoms with Crippen molar-refractivity contribution in [3.8, 4) is 11.1 Å². The molecule has 2 aromatic rings. The summed E-state index contributed by atoms with van der Waals surface area (Å²) in [6, 6.07) is 6.55. The summed E-state index contributed by atoms with van der Waals surface area (Å²) in [6.07, 6.45) is -2.22. The molecule has 1 aromatic heterocycles. The molecule has 1 heterocycles. The van der Waals surface area contributed by atoms with Gasteiger partial charge in [0.15, 0.2) is 6.29 Å². The van der Waals surface area contributed by atoms with Crippen molar-refractivity contribution in [1.82, 2.24) is 4.98 Å². The van der Waals surface area contributed by atoms with Gasteiger partial charge in [0.1, 0.15) is 5.69 Å². The molecule has 0 amide bonds. The van der Waals surface area contributed by atoms with Crippen LogP contribution in [0.3, 0.4) is 0 Å². The number of hydrogen-bond donors (Lipinski definition) is 0. The molecule has 0 aliphatic heterocycles. The van der Waals surface area contributed by atoms with E-state index in [0.717, 1.165) is 12.1 Å². The number of aromatic nitrogens is 1. The van der Waals surface area contributed by atoms with E-state index in [0.29, 0.717) is 28.7 Å². The van der Waals surface area contributed by atoms with E-state index >= 15 is 0 Å². The molecular weight excluding hydrogens is 255 g/mol. The van der Waals surface area contributed by atoms with Gasteiger partial charge in [-0.05, 0) is 36.2 Å². The zero-order valence-electron chi connectivity index (χ0n) is 10.0. The van der Waals surface area contributed by atoms with Crippen molar-refractivity contribution in [3.63, 3.8) is 0 Å². The Hall–Kier alpha value is -2.17. The van der Waals surface area contributed by atoms with Crippen LogP contribution in [0.15, 0.2) is 36.5 Å². The summed E-state index contributed by atoms with van der Waals surface area (Å²) in [5, 5.41) is 0. The predicted octanol–water partition coefficient (Wildman–Crippen LogP) is 3.89. The van der Waals surface area contributed by atoms with Crippen molar-refractivity contribution in [2.75, 3.05) is 0 Å². The van der Waals surface area contributed by atoms with E-state index < -0.39 is 11.7 Å². The smallest absolute Gasteiger partial charge is 0.296 e. The Labute approximate surface area is 107 Å². The first-order valence-electron chi connectivity index (χ1n) is 5.51. The van der Waals surface area contributed by atoms with Gasteiger partial charge in [0.2, 0.25) is 0 Å². The van der Waals surface area contributed by atoms with Crippen molar-refractivity contribution in [3.05, 3.63) is 53.3 Å². The number of pyridine rings is 1. The molecule has 0 saturated heterocycles. The first-order valence-corrected chi connectivity index (χ1v) is 5.51. The second kappa shape index (κ2) is 4.84. The summed E-state index contributed by atoms with van der Waals surface area (Å²) in [5.74, 6) is 0. The number of carbonyl (C=O) groups excluding carboxylic acids is 1. The van der Waals surface area contributed by atoms with Crippen LogP contribution in [0.1, 0.15) is 21.6 Å². The lowest BCUT2D eigenvalue weighted by molar-refractivity contribution is -0.137. The average Bonchev–Trinajstić information content (AvgIpc) is 2.38. The Balaban J connectivity index is 2.37.